The number of hydrogen-bond donors (Lipinski definition) is 2. The molecular weight excluding hydrogens is 248 g/mol. The molecule has 0 saturated heterocycles. The molecule has 0 aliphatic carbocycles. The van der Waals surface area contributed by atoms with Crippen molar-refractivity contribution in [1.82, 2.24) is 4.72 Å². The summed E-state index contributed by atoms with van der Waals surface area (Å²) in [6.45, 7) is 7.83. The number of benzene rings is 1. The zero-order chi connectivity index (χ0) is 14.0. The maximum Gasteiger partial charge on any atom is 0.241 e. The Morgan fingerprint density at radius 3 is 2.44 bits per heavy atom. The average Bonchev–Trinajstić information content (AvgIpc) is 2.28. The smallest absolute Gasteiger partial charge is 0.241 e. The van der Waals surface area contributed by atoms with Gasteiger partial charge in [-0.25, -0.2) is 13.1 Å². The van der Waals surface area contributed by atoms with E-state index in [2.05, 4.69) is 4.72 Å². The highest BCUT2D eigenvalue weighted by atomic mass is 32.2. The number of nitrogens with two attached hydrogens (primary N) is 1. The van der Waals surface area contributed by atoms with E-state index in [0.29, 0.717) is 5.92 Å². The third-order valence-corrected chi connectivity index (χ3v) is 4.45. The van der Waals surface area contributed by atoms with Gasteiger partial charge in [-0.3, -0.25) is 0 Å². The summed E-state index contributed by atoms with van der Waals surface area (Å²) in [5.74, 6) is 0.294. The van der Waals surface area contributed by atoms with Crippen molar-refractivity contribution in [2.24, 2.45) is 5.73 Å². The first kappa shape index (κ1) is 15.1. The van der Waals surface area contributed by atoms with Gasteiger partial charge in [-0.2, -0.15) is 0 Å². The Hall–Kier alpha value is -0.910. The molecular formula is C13H22N2O2S. The van der Waals surface area contributed by atoms with E-state index in [9.17, 15) is 8.42 Å². The summed E-state index contributed by atoms with van der Waals surface area (Å²) in [6.07, 6.45) is 0. The van der Waals surface area contributed by atoms with Crippen LogP contribution in [0.4, 0.5) is 0 Å². The molecule has 0 atom stereocenters. The van der Waals surface area contributed by atoms with Crippen LogP contribution < -0.4 is 10.5 Å². The molecule has 0 aliphatic rings. The molecule has 1 aromatic rings. The summed E-state index contributed by atoms with van der Waals surface area (Å²) in [5, 5.41) is 0. The second-order valence-corrected chi connectivity index (χ2v) is 7.10. The number of hydrogen-bond acceptors (Lipinski definition) is 3. The van der Waals surface area contributed by atoms with Gasteiger partial charge >= 0.3 is 0 Å². The lowest BCUT2D eigenvalue weighted by molar-refractivity contribution is 0.462. The monoisotopic (exact) mass is 270 g/mol. The highest BCUT2D eigenvalue weighted by molar-refractivity contribution is 7.89. The minimum Gasteiger partial charge on any atom is -0.329 e. The second kappa shape index (κ2) is 5.38. The van der Waals surface area contributed by atoms with Crippen LogP contribution in [0.2, 0.25) is 0 Å². The van der Waals surface area contributed by atoms with Gasteiger partial charge in [-0.1, -0.05) is 26.0 Å². The van der Waals surface area contributed by atoms with Crippen LogP contribution in [0.5, 0.6) is 0 Å². The van der Waals surface area contributed by atoms with E-state index < -0.39 is 15.6 Å². The van der Waals surface area contributed by atoms with Crippen molar-refractivity contribution >= 4 is 10.0 Å². The van der Waals surface area contributed by atoms with Gasteiger partial charge in [0.2, 0.25) is 10.0 Å². The molecule has 0 fully saturated rings. The van der Waals surface area contributed by atoms with Crippen molar-refractivity contribution in [1.29, 1.82) is 0 Å². The molecule has 0 aliphatic heterocycles. The van der Waals surface area contributed by atoms with Gasteiger partial charge in [0.25, 0.3) is 0 Å². The summed E-state index contributed by atoms with van der Waals surface area (Å²) in [6, 6.07) is 7.00. The minimum absolute atomic E-state index is 0.246. The van der Waals surface area contributed by atoms with Crippen molar-refractivity contribution in [2.75, 3.05) is 6.54 Å². The molecule has 0 bridgehead atoms. The van der Waals surface area contributed by atoms with Crippen LogP contribution in [0.3, 0.4) is 0 Å². The lowest BCUT2D eigenvalue weighted by Crippen LogP contribution is -2.48. The van der Waals surface area contributed by atoms with Gasteiger partial charge in [0.1, 0.15) is 0 Å². The van der Waals surface area contributed by atoms with E-state index in [4.69, 9.17) is 5.73 Å². The normalized spacial score (nSPS) is 13.0. The molecule has 0 aromatic heterocycles. The topological polar surface area (TPSA) is 72.2 Å². The van der Waals surface area contributed by atoms with Gasteiger partial charge < -0.3 is 5.73 Å². The summed E-state index contributed by atoms with van der Waals surface area (Å²) in [4.78, 5) is 0.287. The maximum absolute atomic E-state index is 12.2. The molecule has 1 rings (SSSR count). The first-order chi connectivity index (χ1) is 8.18. The number of sulfonamides is 1. The van der Waals surface area contributed by atoms with Crippen LogP contribution in [0.25, 0.3) is 0 Å². The molecule has 0 unspecified atom stereocenters. The van der Waals surface area contributed by atoms with Crippen molar-refractivity contribution in [3.8, 4) is 0 Å². The van der Waals surface area contributed by atoms with Crippen LogP contribution in [-0.4, -0.2) is 20.5 Å². The van der Waals surface area contributed by atoms with Crippen LogP contribution >= 0.6 is 0 Å². The SMILES string of the molecule is CC(C)c1cccc(S(=O)(=O)NC(C)(C)CN)c1. The Morgan fingerprint density at radius 2 is 1.94 bits per heavy atom. The van der Waals surface area contributed by atoms with E-state index in [0.717, 1.165) is 5.56 Å². The largest absolute Gasteiger partial charge is 0.329 e. The fourth-order valence-electron chi connectivity index (χ4n) is 1.51. The highest BCUT2D eigenvalue weighted by Crippen LogP contribution is 2.19. The average molecular weight is 270 g/mol. The zero-order valence-corrected chi connectivity index (χ0v) is 12.2. The predicted octanol–water partition coefficient (Wildman–Crippen LogP) is 1.83. The van der Waals surface area contributed by atoms with Crippen LogP contribution in [-0.2, 0) is 10.0 Å². The van der Waals surface area contributed by atoms with Crippen molar-refractivity contribution in [2.45, 2.75) is 44.0 Å². The maximum atomic E-state index is 12.2. The van der Waals surface area contributed by atoms with Crippen LogP contribution in [0.1, 0.15) is 39.2 Å². The number of rotatable bonds is 5. The first-order valence-electron chi connectivity index (χ1n) is 6.02. The molecule has 0 radical (unpaired) electrons. The van der Waals surface area contributed by atoms with E-state index >= 15 is 0 Å². The molecule has 18 heavy (non-hydrogen) atoms. The summed E-state index contributed by atoms with van der Waals surface area (Å²) in [5.41, 5.74) is 5.90. The Labute approximate surface area is 110 Å². The van der Waals surface area contributed by atoms with Gasteiger partial charge in [-0.05, 0) is 37.5 Å². The van der Waals surface area contributed by atoms with Gasteiger partial charge in [0.15, 0.2) is 0 Å². The van der Waals surface area contributed by atoms with E-state index in [1.165, 1.54) is 0 Å². The lowest BCUT2D eigenvalue weighted by Gasteiger charge is -2.24. The predicted molar refractivity (Wildman–Crippen MR) is 74.0 cm³/mol. The number of nitrogens with one attached hydrogen (secondary N) is 1. The molecule has 0 saturated carbocycles. The molecule has 4 nitrogen and oxygen atoms in total. The zero-order valence-electron chi connectivity index (χ0n) is 11.4. The van der Waals surface area contributed by atoms with Crippen molar-refractivity contribution in [3.63, 3.8) is 0 Å². The van der Waals surface area contributed by atoms with Crippen molar-refractivity contribution in [3.05, 3.63) is 29.8 Å². The Bertz CT molecular complexity index is 507. The lowest BCUT2D eigenvalue weighted by atomic mass is 10.0. The molecule has 5 heteroatoms. The highest BCUT2D eigenvalue weighted by Gasteiger charge is 2.25. The Kier molecular flexibility index (Phi) is 4.53. The first-order valence-corrected chi connectivity index (χ1v) is 7.50. The van der Waals surface area contributed by atoms with Crippen molar-refractivity contribution < 1.29 is 8.42 Å². The summed E-state index contributed by atoms with van der Waals surface area (Å²) in [7, 11) is -3.52. The third-order valence-electron chi connectivity index (χ3n) is 2.76. The van der Waals surface area contributed by atoms with Crippen LogP contribution in [0.15, 0.2) is 29.2 Å². The fraction of sp³-hybridized carbons (Fsp3) is 0.538. The molecule has 102 valence electrons. The van der Waals surface area contributed by atoms with Gasteiger partial charge in [0, 0.05) is 12.1 Å². The summed E-state index contributed by atoms with van der Waals surface area (Å²) < 4.78 is 27.0. The Balaban J connectivity index is 3.09. The minimum atomic E-state index is -3.52. The van der Waals surface area contributed by atoms with Gasteiger partial charge in [0.05, 0.1) is 4.90 Å². The van der Waals surface area contributed by atoms with E-state index in [1.54, 1.807) is 32.0 Å². The fourth-order valence-corrected chi connectivity index (χ4v) is 2.98. The van der Waals surface area contributed by atoms with E-state index in [-0.39, 0.29) is 11.4 Å². The molecule has 3 N–H and O–H groups in total. The van der Waals surface area contributed by atoms with E-state index in [1.807, 2.05) is 19.9 Å². The van der Waals surface area contributed by atoms with Gasteiger partial charge in [-0.15, -0.1) is 0 Å². The van der Waals surface area contributed by atoms with Crippen LogP contribution in [0, 0.1) is 0 Å². The molecule has 0 heterocycles. The standard InChI is InChI=1S/C13H22N2O2S/c1-10(2)11-6-5-7-12(8-11)18(16,17)15-13(3,4)9-14/h5-8,10,15H,9,14H2,1-4H3. The second-order valence-electron chi connectivity index (χ2n) is 5.42. The molecule has 0 spiro atoms. The molecule has 0 amide bonds. The molecule has 1 aromatic carbocycles. The quantitative estimate of drug-likeness (QED) is 0.857. The third kappa shape index (κ3) is 3.80. The summed E-state index contributed by atoms with van der Waals surface area (Å²) >= 11 is 0. The Morgan fingerprint density at radius 1 is 1.33 bits per heavy atom.